The fourth-order valence-electron chi connectivity index (χ4n) is 1.34. The number of nitrogens with zero attached hydrogens (tertiary/aromatic N) is 1. The highest BCUT2D eigenvalue weighted by Gasteiger charge is 2.20. The van der Waals surface area contributed by atoms with Crippen LogP contribution in [0.3, 0.4) is 0 Å². The van der Waals surface area contributed by atoms with Crippen LogP contribution in [0.15, 0.2) is 18.3 Å². The van der Waals surface area contributed by atoms with Gasteiger partial charge in [0.15, 0.2) is 17.2 Å². The van der Waals surface area contributed by atoms with Crippen molar-refractivity contribution in [2.24, 2.45) is 5.73 Å². The number of aromatic nitrogens is 1. The van der Waals surface area contributed by atoms with E-state index in [-0.39, 0.29) is 17.2 Å². The first-order chi connectivity index (χ1) is 8.09. The van der Waals surface area contributed by atoms with Gasteiger partial charge in [-0.05, 0) is 12.1 Å². The van der Waals surface area contributed by atoms with Crippen LogP contribution >= 0.6 is 11.3 Å². The molecule has 7 heteroatoms. The van der Waals surface area contributed by atoms with E-state index < -0.39 is 11.9 Å². The van der Waals surface area contributed by atoms with Crippen LogP contribution in [0, 0.1) is 0 Å². The molecule has 3 N–H and O–H groups in total. The third kappa shape index (κ3) is 2.18. The molecule has 0 spiro atoms. The Hall–Kier alpha value is -2.15. The van der Waals surface area contributed by atoms with E-state index in [1.54, 1.807) is 18.3 Å². The number of amides is 1. The van der Waals surface area contributed by atoms with E-state index in [1.165, 1.54) is 0 Å². The first-order valence-corrected chi connectivity index (χ1v) is 5.43. The van der Waals surface area contributed by atoms with Gasteiger partial charge in [-0.2, -0.15) is 0 Å². The van der Waals surface area contributed by atoms with Crippen molar-refractivity contribution in [2.75, 3.05) is 6.61 Å². The number of hydrogen-bond donors (Lipinski definition) is 2. The maximum Gasteiger partial charge on any atom is 0.349 e. The molecular formula is C10H8N2O4S. The number of carbonyl (C=O) groups is 2. The minimum atomic E-state index is -1.12. The number of aromatic carboxylic acids is 1. The van der Waals surface area contributed by atoms with E-state index in [1.807, 2.05) is 0 Å². The van der Waals surface area contributed by atoms with E-state index >= 15 is 0 Å². The summed E-state index contributed by atoms with van der Waals surface area (Å²) in [5, 5.41) is 9.58. The van der Waals surface area contributed by atoms with Crippen LogP contribution in [0.25, 0.3) is 10.2 Å². The maximum absolute atomic E-state index is 11.0. The van der Waals surface area contributed by atoms with E-state index in [4.69, 9.17) is 15.6 Å². The molecule has 0 bridgehead atoms. The number of carboxylic acid groups (broad SMARTS) is 1. The Labute approximate surface area is 99.6 Å². The van der Waals surface area contributed by atoms with Crippen molar-refractivity contribution in [2.45, 2.75) is 0 Å². The molecule has 2 aromatic rings. The number of rotatable bonds is 4. The summed E-state index contributed by atoms with van der Waals surface area (Å²) in [5.74, 6) is -1.64. The average molecular weight is 252 g/mol. The largest absolute Gasteiger partial charge is 0.481 e. The number of primary amides is 1. The Bertz CT molecular complexity index is 593. The normalized spacial score (nSPS) is 10.4. The quantitative estimate of drug-likeness (QED) is 0.840. The van der Waals surface area contributed by atoms with Crippen molar-refractivity contribution >= 4 is 33.4 Å². The second-order valence-electron chi connectivity index (χ2n) is 3.18. The molecule has 0 aliphatic heterocycles. The lowest BCUT2D eigenvalue weighted by atomic mass is 10.3. The fraction of sp³-hybridized carbons (Fsp3) is 0.100. The van der Waals surface area contributed by atoms with Gasteiger partial charge in [-0.3, -0.25) is 4.79 Å². The molecule has 0 radical (unpaired) electrons. The number of carboxylic acids is 1. The van der Waals surface area contributed by atoms with Crippen LogP contribution in [-0.2, 0) is 4.79 Å². The smallest absolute Gasteiger partial charge is 0.349 e. The van der Waals surface area contributed by atoms with Crippen molar-refractivity contribution in [3.8, 4) is 5.75 Å². The second kappa shape index (κ2) is 4.38. The van der Waals surface area contributed by atoms with Gasteiger partial charge in [0.2, 0.25) is 0 Å². The average Bonchev–Trinajstić information content (AvgIpc) is 2.65. The number of hydrogen-bond acceptors (Lipinski definition) is 5. The molecule has 2 rings (SSSR count). The van der Waals surface area contributed by atoms with E-state index in [0.717, 1.165) is 11.3 Å². The lowest BCUT2D eigenvalue weighted by molar-refractivity contribution is -0.119. The topological polar surface area (TPSA) is 103 Å². The van der Waals surface area contributed by atoms with Gasteiger partial charge in [0.05, 0.1) is 5.39 Å². The molecule has 0 aliphatic rings. The van der Waals surface area contributed by atoms with E-state index in [2.05, 4.69) is 4.98 Å². The molecule has 0 saturated carbocycles. The van der Waals surface area contributed by atoms with Crippen molar-refractivity contribution in [3.05, 3.63) is 23.2 Å². The zero-order chi connectivity index (χ0) is 12.4. The zero-order valence-corrected chi connectivity index (χ0v) is 9.36. The molecule has 6 nitrogen and oxygen atoms in total. The molecule has 0 aliphatic carbocycles. The number of nitrogens with two attached hydrogens (primary N) is 1. The van der Waals surface area contributed by atoms with Crippen LogP contribution in [0.2, 0.25) is 0 Å². The second-order valence-corrected chi connectivity index (χ2v) is 4.18. The minimum absolute atomic E-state index is 0.0138. The predicted molar refractivity (Wildman–Crippen MR) is 61.3 cm³/mol. The van der Waals surface area contributed by atoms with Gasteiger partial charge in [-0.25, -0.2) is 9.78 Å². The number of ether oxygens (including phenoxy) is 1. The summed E-state index contributed by atoms with van der Waals surface area (Å²) < 4.78 is 5.13. The standard InChI is InChI=1S/C10H8N2O4S/c11-6(13)4-16-7-5-2-1-3-12-9(5)17-8(7)10(14)15/h1-3H,4H2,(H2,11,13)(H,14,15). The van der Waals surface area contributed by atoms with Gasteiger partial charge in [0, 0.05) is 6.20 Å². The third-order valence-electron chi connectivity index (χ3n) is 1.97. The lowest BCUT2D eigenvalue weighted by Crippen LogP contribution is -2.20. The summed E-state index contributed by atoms with van der Waals surface area (Å²) in [7, 11) is 0. The molecule has 0 fully saturated rings. The molecular weight excluding hydrogens is 244 g/mol. The predicted octanol–water partition coefficient (Wildman–Crippen LogP) is 0.859. The summed E-state index contributed by atoms with van der Waals surface area (Å²) >= 11 is 0.996. The van der Waals surface area contributed by atoms with Gasteiger partial charge >= 0.3 is 5.97 Å². The van der Waals surface area contributed by atoms with Crippen LogP contribution in [-0.4, -0.2) is 28.6 Å². The van der Waals surface area contributed by atoms with E-state index in [9.17, 15) is 9.59 Å². The van der Waals surface area contributed by atoms with Crippen LogP contribution in [0.1, 0.15) is 9.67 Å². The number of thiophene rings is 1. The van der Waals surface area contributed by atoms with Crippen molar-refractivity contribution < 1.29 is 19.4 Å². The zero-order valence-electron chi connectivity index (χ0n) is 8.54. The molecule has 0 aromatic carbocycles. The number of pyridine rings is 1. The number of fused-ring (bicyclic) bond motifs is 1. The Morgan fingerprint density at radius 3 is 2.94 bits per heavy atom. The van der Waals surface area contributed by atoms with Crippen molar-refractivity contribution in [1.82, 2.24) is 4.98 Å². The molecule has 2 heterocycles. The summed E-state index contributed by atoms with van der Waals surface area (Å²) in [5.41, 5.74) is 4.96. The molecule has 0 atom stereocenters. The van der Waals surface area contributed by atoms with Gasteiger partial charge in [0.25, 0.3) is 5.91 Å². The minimum Gasteiger partial charge on any atom is -0.481 e. The molecule has 0 unspecified atom stereocenters. The van der Waals surface area contributed by atoms with Gasteiger partial charge in [0.1, 0.15) is 4.83 Å². The summed E-state index contributed by atoms with van der Waals surface area (Å²) in [4.78, 5) is 26.3. The van der Waals surface area contributed by atoms with Crippen LogP contribution in [0.5, 0.6) is 5.75 Å². The lowest BCUT2D eigenvalue weighted by Gasteiger charge is -2.03. The summed E-state index contributed by atoms with van der Waals surface area (Å²) in [6, 6.07) is 3.35. The first-order valence-electron chi connectivity index (χ1n) is 4.61. The van der Waals surface area contributed by atoms with Crippen molar-refractivity contribution in [1.29, 1.82) is 0 Å². The van der Waals surface area contributed by atoms with Gasteiger partial charge < -0.3 is 15.6 Å². The fourth-order valence-corrected chi connectivity index (χ4v) is 2.26. The molecule has 2 aromatic heterocycles. The first kappa shape index (κ1) is 11.3. The summed E-state index contributed by atoms with van der Waals surface area (Å²) in [6.07, 6.45) is 1.56. The molecule has 1 amide bonds. The third-order valence-corrected chi connectivity index (χ3v) is 3.06. The highest BCUT2D eigenvalue weighted by atomic mass is 32.1. The number of carbonyl (C=O) groups excluding carboxylic acids is 1. The Morgan fingerprint density at radius 2 is 2.29 bits per heavy atom. The highest BCUT2D eigenvalue weighted by molar-refractivity contribution is 7.20. The summed E-state index contributed by atoms with van der Waals surface area (Å²) in [6.45, 7) is -0.360. The SMILES string of the molecule is NC(=O)COc1c(C(=O)O)sc2ncccc12. The highest BCUT2D eigenvalue weighted by Crippen LogP contribution is 2.36. The maximum atomic E-state index is 11.0. The molecule has 17 heavy (non-hydrogen) atoms. The molecule has 88 valence electrons. The Morgan fingerprint density at radius 1 is 1.53 bits per heavy atom. The van der Waals surface area contributed by atoms with E-state index in [0.29, 0.717) is 10.2 Å². The van der Waals surface area contributed by atoms with Crippen LogP contribution in [0.4, 0.5) is 0 Å². The Balaban J connectivity index is 2.51. The van der Waals surface area contributed by atoms with Gasteiger partial charge in [-0.15, -0.1) is 11.3 Å². The van der Waals surface area contributed by atoms with Gasteiger partial charge in [-0.1, -0.05) is 0 Å². The Kier molecular flexibility index (Phi) is 2.92. The van der Waals surface area contributed by atoms with Crippen molar-refractivity contribution in [3.63, 3.8) is 0 Å². The van der Waals surface area contributed by atoms with Crippen LogP contribution < -0.4 is 10.5 Å². The monoisotopic (exact) mass is 252 g/mol. The molecule has 0 saturated heterocycles.